The Labute approximate surface area is 98.0 Å². The van der Waals surface area contributed by atoms with E-state index in [-0.39, 0.29) is 6.03 Å². The van der Waals surface area contributed by atoms with Gasteiger partial charge < -0.3 is 15.1 Å². The fourth-order valence-corrected chi connectivity index (χ4v) is 2.61. The molecule has 0 bridgehead atoms. The Bertz CT molecular complexity index is 263. The lowest BCUT2D eigenvalue weighted by atomic mass is 9.93. The van der Waals surface area contributed by atoms with Crippen molar-refractivity contribution in [1.82, 2.24) is 15.1 Å². The van der Waals surface area contributed by atoms with Crippen molar-refractivity contribution in [2.75, 3.05) is 27.2 Å². The summed E-state index contributed by atoms with van der Waals surface area (Å²) in [5, 5.41) is 3.11. The molecule has 0 spiro atoms. The van der Waals surface area contributed by atoms with Crippen LogP contribution in [0.15, 0.2) is 0 Å². The molecule has 2 rings (SSSR count). The van der Waals surface area contributed by atoms with E-state index in [1.165, 1.54) is 6.42 Å². The minimum Gasteiger partial charge on any atom is -0.335 e. The Balaban J connectivity index is 1.84. The number of likely N-dealkylation sites (N-methyl/N-ethyl adjacent to an activating group) is 1. The number of carbonyl (C=O) groups is 1. The maximum absolute atomic E-state index is 12.0. The highest BCUT2D eigenvalue weighted by Gasteiger charge is 2.34. The van der Waals surface area contributed by atoms with Crippen LogP contribution < -0.4 is 5.32 Å². The number of nitrogens with zero attached hydrogens (tertiary/aromatic N) is 2. The molecule has 1 saturated heterocycles. The van der Waals surface area contributed by atoms with Crippen molar-refractivity contribution in [1.29, 1.82) is 0 Å². The SMILES string of the molecule is CC1CN(C(=O)NC2CCC2)CC1N(C)C. The third-order valence-electron chi connectivity index (χ3n) is 3.96. The number of hydrogen-bond donors (Lipinski definition) is 1. The van der Waals surface area contributed by atoms with E-state index < -0.39 is 0 Å². The van der Waals surface area contributed by atoms with Crippen LogP contribution in [0.1, 0.15) is 26.2 Å². The summed E-state index contributed by atoms with van der Waals surface area (Å²) >= 11 is 0. The number of urea groups is 1. The van der Waals surface area contributed by atoms with Crippen LogP contribution in [0.2, 0.25) is 0 Å². The zero-order chi connectivity index (χ0) is 11.7. The molecule has 4 nitrogen and oxygen atoms in total. The number of likely N-dealkylation sites (tertiary alicyclic amines) is 1. The van der Waals surface area contributed by atoms with Crippen molar-refractivity contribution in [3.8, 4) is 0 Å². The summed E-state index contributed by atoms with van der Waals surface area (Å²) in [6.45, 7) is 3.98. The van der Waals surface area contributed by atoms with Crippen molar-refractivity contribution >= 4 is 6.03 Å². The molecule has 1 saturated carbocycles. The minimum absolute atomic E-state index is 0.140. The normalized spacial score (nSPS) is 30.6. The van der Waals surface area contributed by atoms with E-state index in [1.54, 1.807) is 0 Å². The van der Waals surface area contributed by atoms with Crippen molar-refractivity contribution in [2.45, 2.75) is 38.3 Å². The molecule has 2 atom stereocenters. The van der Waals surface area contributed by atoms with Crippen LogP contribution in [0.3, 0.4) is 0 Å². The third-order valence-corrected chi connectivity index (χ3v) is 3.96. The molecule has 1 aliphatic heterocycles. The quantitative estimate of drug-likeness (QED) is 0.764. The summed E-state index contributed by atoms with van der Waals surface area (Å²) in [7, 11) is 4.18. The van der Waals surface area contributed by atoms with Crippen molar-refractivity contribution in [3.63, 3.8) is 0 Å². The topological polar surface area (TPSA) is 35.6 Å². The second-order valence-electron chi connectivity index (χ2n) is 5.49. The van der Waals surface area contributed by atoms with Gasteiger partial charge in [-0.15, -0.1) is 0 Å². The molecule has 0 aromatic rings. The van der Waals surface area contributed by atoms with Crippen molar-refractivity contribution < 1.29 is 4.79 Å². The smallest absolute Gasteiger partial charge is 0.317 e. The summed E-state index contributed by atoms with van der Waals surface area (Å²) < 4.78 is 0. The Kier molecular flexibility index (Phi) is 3.38. The Hall–Kier alpha value is -0.770. The van der Waals surface area contributed by atoms with E-state index in [9.17, 15) is 4.79 Å². The standard InChI is InChI=1S/C12H23N3O/c1-9-7-15(8-11(9)14(2)3)12(16)13-10-5-4-6-10/h9-11H,4-8H2,1-3H3,(H,13,16). The van der Waals surface area contributed by atoms with Crippen LogP contribution in [0.25, 0.3) is 0 Å². The van der Waals surface area contributed by atoms with E-state index >= 15 is 0 Å². The first-order valence-electron chi connectivity index (χ1n) is 6.30. The molecule has 1 N–H and O–H groups in total. The molecule has 2 fully saturated rings. The predicted molar refractivity (Wildman–Crippen MR) is 64.4 cm³/mol. The summed E-state index contributed by atoms with van der Waals surface area (Å²) in [6.07, 6.45) is 3.58. The van der Waals surface area contributed by atoms with Gasteiger partial charge in [0.25, 0.3) is 0 Å². The van der Waals surface area contributed by atoms with Gasteiger partial charge in [-0.25, -0.2) is 4.79 Å². The highest BCUT2D eigenvalue weighted by atomic mass is 16.2. The van der Waals surface area contributed by atoms with Crippen LogP contribution >= 0.6 is 0 Å². The zero-order valence-corrected chi connectivity index (χ0v) is 10.6. The maximum atomic E-state index is 12.0. The first-order chi connectivity index (χ1) is 7.58. The van der Waals surface area contributed by atoms with E-state index in [0.717, 1.165) is 25.9 Å². The first-order valence-corrected chi connectivity index (χ1v) is 6.30. The van der Waals surface area contributed by atoms with E-state index in [2.05, 4.69) is 31.2 Å². The highest BCUT2D eigenvalue weighted by molar-refractivity contribution is 5.75. The van der Waals surface area contributed by atoms with Gasteiger partial charge >= 0.3 is 6.03 Å². The molecule has 1 aliphatic carbocycles. The number of rotatable bonds is 2. The van der Waals surface area contributed by atoms with Crippen LogP contribution in [-0.4, -0.2) is 55.1 Å². The minimum atomic E-state index is 0.140. The van der Waals surface area contributed by atoms with Crippen LogP contribution in [0.4, 0.5) is 4.79 Å². The van der Waals surface area contributed by atoms with Crippen LogP contribution in [-0.2, 0) is 0 Å². The van der Waals surface area contributed by atoms with E-state index in [1.807, 2.05) is 4.90 Å². The Morgan fingerprint density at radius 2 is 2.00 bits per heavy atom. The molecule has 4 heteroatoms. The molecular formula is C12H23N3O. The van der Waals surface area contributed by atoms with Crippen LogP contribution in [0, 0.1) is 5.92 Å². The van der Waals surface area contributed by atoms with Gasteiger partial charge in [-0.05, 0) is 39.3 Å². The second kappa shape index (κ2) is 4.62. The van der Waals surface area contributed by atoms with Crippen molar-refractivity contribution in [2.24, 2.45) is 5.92 Å². The molecule has 2 aliphatic rings. The summed E-state index contributed by atoms with van der Waals surface area (Å²) in [4.78, 5) is 16.1. The van der Waals surface area contributed by atoms with Crippen molar-refractivity contribution in [3.05, 3.63) is 0 Å². The summed E-state index contributed by atoms with van der Waals surface area (Å²) in [6, 6.07) is 1.09. The molecule has 2 amide bonds. The van der Waals surface area contributed by atoms with Gasteiger partial charge in [0.2, 0.25) is 0 Å². The van der Waals surface area contributed by atoms with E-state index in [0.29, 0.717) is 18.0 Å². The number of nitrogens with one attached hydrogen (secondary N) is 1. The molecule has 0 aromatic heterocycles. The largest absolute Gasteiger partial charge is 0.335 e. The lowest BCUT2D eigenvalue weighted by molar-refractivity contribution is 0.192. The second-order valence-corrected chi connectivity index (χ2v) is 5.49. The number of carbonyl (C=O) groups excluding carboxylic acids is 1. The summed E-state index contributed by atoms with van der Waals surface area (Å²) in [5.74, 6) is 0.571. The average molecular weight is 225 g/mol. The van der Waals surface area contributed by atoms with Gasteiger partial charge in [-0.1, -0.05) is 6.92 Å². The van der Waals surface area contributed by atoms with E-state index in [4.69, 9.17) is 0 Å². The molecule has 0 aromatic carbocycles. The zero-order valence-electron chi connectivity index (χ0n) is 10.6. The predicted octanol–water partition coefficient (Wildman–Crippen LogP) is 1.13. The van der Waals surface area contributed by atoms with Gasteiger partial charge in [0, 0.05) is 25.2 Å². The fourth-order valence-electron chi connectivity index (χ4n) is 2.61. The van der Waals surface area contributed by atoms with Gasteiger partial charge in [0.05, 0.1) is 0 Å². The molecule has 1 heterocycles. The maximum Gasteiger partial charge on any atom is 0.317 e. The fraction of sp³-hybridized carbons (Fsp3) is 0.917. The van der Waals surface area contributed by atoms with Gasteiger partial charge in [-0.3, -0.25) is 0 Å². The van der Waals surface area contributed by atoms with Gasteiger partial charge in [-0.2, -0.15) is 0 Å². The highest BCUT2D eigenvalue weighted by Crippen LogP contribution is 2.22. The molecular weight excluding hydrogens is 202 g/mol. The average Bonchev–Trinajstić information content (AvgIpc) is 2.53. The first kappa shape index (κ1) is 11.7. The molecule has 92 valence electrons. The Morgan fingerprint density at radius 1 is 1.31 bits per heavy atom. The van der Waals surface area contributed by atoms with Gasteiger partial charge in [0.1, 0.15) is 0 Å². The monoisotopic (exact) mass is 225 g/mol. The molecule has 16 heavy (non-hydrogen) atoms. The summed E-state index contributed by atoms with van der Waals surface area (Å²) in [5.41, 5.74) is 0. The number of hydrogen-bond acceptors (Lipinski definition) is 2. The Morgan fingerprint density at radius 3 is 2.44 bits per heavy atom. The lowest BCUT2D eigenvalue weighted by Gasteiger charge is -2.29. The molecule has 2 unspecified atom stereocenters. The third kappa shape index (κ3) is 2.32. The molecule has 0 radical (unpaired) electrons. The van der Waals surface area contributed by atoms with Crippen LogP contribution in [0.5, 0.6) is 0 Å². The number of amides is 2. The van der Waals surface area contributed by atoms with Gasteiger partial charge in [0.15, 0.2) is 0 Å². The lowest BCUT2D eigenvalue weighted by Crippen LogP contribution is -2.47.